The van der Waals surface area contributed by atoms with Gasteiger partial charge in [-0.25, -0.2) is 9.67 Å². The van der Waals surface area contributed by atoms with Crippen molar-refractivity contribution >= 4 is 35.1 Å². The lowest BCUT2D eigenvalue weighted by Crippen LogP contribution is -2.29. The van der Waals surface area contributed by atoms with E-state index in [-0.39, 0.29) is 18.3 Å². The van der Waals surface area contributed by atoms with Crippen molar-refractivity contribution in [2.45, 2.75) is 37.6 Å². The van der Waals surface area contributed by atoms with E-state index in [1.165, 1.54) is 0 Å². The van der Waals surface area contributed by atoms with Crippen LogP contribution in [-0.2, 0) is 0 Å². The Bertz CT molecular complexity index is 958. The Hall–Kier alpha value is -2.45. The van der Waals surface area contributed by atoms with E-state index < -0.39 is 0 Å². The predicted molar refractivity (Wildman–Crippen MR) is 102 cm³/mol. The SMILES string of the molecule is Cl.O=C(Nc1ccc2nc(C3CC3)oc2c1)c1cn(C2CCNCC2)nn1. The van der Waals surface area contributed by atoms with E-state index in [0.29, 0.717) is 28.9 Å². The van der Waals surface area contributed by atoms with Crippen molar-refractivity contribution in [3.05, 3.63) is 36.0 Å². The molecule has 0 radical (unpaired) electrons. The van der Waals surface area contributed by atoms with Gasteiger partial charge in [-0.2, -0.15) is 0 Å². The van der Waals surface area contributed by atoms with E-state index in [1.54, 1.807) is 10.9 Å². The molecule has 1 saturated carbocycles. The normalized spacial score (nSPS) is 17.6. The van der Waals surface area contributed by atoms with Crippen LogP contribution in [0.2, 0.25) is 0 Å². The number of piperidine rings is 1. The van der Waals surface area contributed by atoms with Gasteiger partial charge in [0.15, 0.2) is 17.2 Å². The van der Waals surface area contributed by atoms with Crippen LogP contribution < -0.4 is 10.6 Å². The Kier molecular flexibility index (Phi) is 4.84. The van der Waals surface area contributed by atoms with Crippen molar-refractivity contribution in [1.29, 1.82) is 0 Å². The first-order valence-corrected chi connectivity index (χ1v) is 9.11. The quantitative estimate of drug-likeness (QED) is 0.713. The summed E-state index contributed by atoms with van der Waals surface area (Å²) in [5.41, 5.74) is 2.50. The molecular weight excluding hydrogens is 368 g/mol. The Balaban J connectivity index is 0.00000180. The van der Waals surface area contributed by atoms with Gasteiger partial charge in [0.2, 0.25) is 0 Å². The number of amides is 1. The van der Waals surface area contributed by atoms with Gasteiger partial charge in [-0.3, -0.25) is 4.79 Å². The van der Waals surface area contributed by atoms with Crippen LogP contribution in [0.15, 0.2) is 28.8 Å². The van der Waals surface area contributed by atoms with Gasteiger partial charge < -0.3 is 15.1 Å². The van der Waals surface area contributed by atoms with E-state index in [2.05, 4.69) is 25.9 Å². The highest BCUT2D eigenvalue weighted by Gasteiger charge is 2.29. The van der Waals surface area contributed by atoms with Gasteiger partial charge in [-0.15, -0.1) is 17.5 Å². The lowest BCUT2D eigenvalue weighted by Gasteiger charge is -2.22. The van der Waals surface area contributed by atoms with Crippen LogP contribution in [0.5, 0.6) is 0 Å². The van der Waals surface area contributed by atoms with Crippen molar-refractivity contribution in [3.8, 4) is 0 Å². The molecule has 1 aliphatic heterocycles. The third-order valence-corrected chi connectivity index (χ3v) is 5.02. The number of anilines is 1. The summed E-state index contributed by atoms with van der Waals surface area (Å²) in [6.07, 6.45) is 6.00. The Morgan fingerprint density at radius 3 is 2.81 bits per heavy atom. The van der Waals surface area contributed by atoms with E-state index in [1.807, 2.05) is 18.2 Å². The summed E-state index contributed by atoms with van der Waals surface area (Å²) in [5.74, 6) is 0.991. The molecule has 142 valence electrons. The van der Waals surface area contributed by atoms with Gasteiger partial charge in [-0.1, -0.05) is 5.21 Å². The lowest BCUT2D eigenvalue weighted by molar-refractivity contribution is 0.102. The highest BCUT2D eigenvalue weighted by Crippen LogP contribution is 2.40. The molecule has 9 heteroatoms. The number of halogens is 1. The predicted octanol–water partition coefficient (Wildman–Crippen LogP) is 2.90. The number of oxazole rings is 1. The standard InChI is InChI=1S/C18H20N6O2.ClH/c25-17(15-10-24(23-22-15)13-5-7-19-8-6-13)20-12-3-4-14-16(9-12)26-18(21-14)11-1-2-11;/h3-4,9-11,13,19H,1-2,5-8H2,(H,20,25);1H. The molecule has 2 N–H and O–H groups in total. The van der Waals surface area contributed by atoms with Gasteiger partial charge in [0.25, 0.3) is 5.91 Å². The summed E-state index contributed by atoms with van der Waals surface area (Å²) in [6.45, 7) is 1.93. The average Bonchev–Trinajstić information content (AvgIpc) is 3.24. The zero-order valence-corrected chi connectivity index (χ0v) is 15.5. The van der Waals surface area contributed by atoms with Crippen molar-refractivity contribution in [2.24, 2.45) is 0 Å². The fraction of sp³-hybridized carbons (Fsp3) is 0.444. The molecule has 2 fully saturated rings. The second kappa shape index (κ2) is 7.28. The smallest absolute Gasteiger partial charge is 0.277 e. The largest absolute Gasteiger partial charge is 0.440 e. The molecule has 3 heterocycles. The second-order valence-electron chi connectivity index (χ2n) is 7.03. The molecule has 1 aromatic carbocycles. The monoisotopic (exact) mass is 388 g/mol. The molecule has 1 aliphatic carbocycles. The van der Waals surface area contributed by atoms with Crippen molar-refractivity contribution in [1.82, 2.24) is 25.3 Å². The summed E-state index contributed by atoms with van der Waals surface area (Å²) >= 11 is 0. The molecule has 2 aromatic heterocycles. The third-order valence-electron chi connectivity index (χ3n) is 5.02. The number of carbonyl (C=O) groups excluding carboxylic acids is 1. The lowest BCUT2D eigenvalue weighted by atomic mass is 10.1. The van der Waals surface area contributed by atoms with Crippen molar-refractivity contribution in [2.75, 3.05) is 18.4 Å². The summed E-state index contributed by atoms with van der Waals surface area (Å²) < 4.78 is 7.61. The molecule has 0 spiro atoms. The fourth-order valence-electron chi connectivity index (χ4n) is 3.35. The molecule has 3 aromatic rings. The van der Waals surface area contributed by atoms with E-state index in [0.717, 1.165) is 50.2 Å². The number of rotatable bonds is 4. The molecule has 0 bridgehead atoms. The van der Waals surface area contributed by atoms with Gasteiger partial charge in [0.1, 0.15) is 5.52 Å². The van der Waals surface area contributed by atoms with Crippen LogP contribution in [0.1, 0.15) is 54.0 Å². The summed E-state index contributed by atoms with van der Waals surface area (Å²) in [6, 6.07) is 5.81. The molecule has 27 heavy (non-hydrogen) atoms. The number of hydrogen-bond acceptors (Lipinski definition) is 6. The number of nitrogens with one attached hydrogen (secondary N) is 2. The summed E-state index contributed by atoms with van der Waals surface area (Å²) in [7, 11) is 0. The van der Waals surface area contributed by atoms with Crippen LogP contribution in [0, 0.1) is 0 Å². The van der Waals surface area contributed by atoms with Crippen LogP contribution >= 0.6 is 12.4 Å². The Morgan fingerprint density at radius 2 is 2.04 bits per heavy atom. The maximum atomic E-state index is 12.5. The van der Waals surface area contributed by atoms with Crippen LogP contribution in [-0.4, -0.2) is 39.0 Å². The summed E-state index contributed by atoms with van der Waals surface area (Å²) in [4.78, 5) is 17.0. The molecule has 8 nitrogen and oxygen atoms in total. The molecule has 2 aliphatic rings. The number of aromatic nitrogens is 4. The van der Waals surface area contributed by atoms with E-state index in [9.17, 15) is 4.79 Å². The molecule has 1 saturated heterocycles. The molecule has 0 unspecified atom stereocenters. The molecule has 0 atom stereocenters. The first kappa shape index (κ1) is 17.9. The maximum Gasteiger partial charge on any atom is 0.277 e. The van der Waals surface area contributed by atoms with Crippen molar-refractivity contribution < 1.29 is 9.21 Å². The van der Waals surface area contributed by atoms with Crippen LogP contribution in [0.4, 0.5) is 5.69 Å². The minimum Gasteiger partial charge on any atom is -0.440 e. The zero-order chi connectivity index (χ0) is 17.5. The fourth-order valence-corrected chi connectivity index (χ4v) is 3.35. The number of nitrogens with zero attached hydrogens (tertiary/aromatic N) is 4. The van der Waals surface area contributed by atoms with E-state index in [4.69, 9.17) is 4.42 Å². The topological polar surface area (TPSA) is 97.9 Å². The first-order valence-electron chi connectivity index (χ1n) is 9.11. The highest BCUT2D eigenvalue weighted by molar-refractivity contribution is 6.03. The highest BCUT2D eigenvalue weighted by atomic mass is 35.5. The number of fused-ring (bicyclic) bond motifs is 1. The minimum atomic E-state index is -0.272. The maximum absolute atomic E-state index is 12.5. The molecule has 1 amide bonds. The van der Waals surface area contributed by atoms with E-state index >= 15 is 0 Å². The van der Waals surface area contributed by atoms with Gasteiger partial charge in [-0.05, 0) is 50.9 Å². The van der Waals surface area contributed by atoms with Gasteiger partial charge in [0, 0.05) is 17.7 Å². The Morgan fingerprint density at radius 1 is 1.22 bits per heavy atom. The molecular formula is C18H21ClN6O2. The zero-order valence-electron chi connectivity index (χ0n) is 14.7. The molecule has 5 rings (SSSR count). The van der Waals surface area contributed by atoms with Gasteiger partial charge in [0.05, 0.1) is 12.2 Å². The third kappa shape index (κ3) is 3.68. The van der Waals surface area contributed by atoms with Crippen molar-refractivity contribution in [3.63, 3.8) is 0 Å². The minimum absolute atomic E-state index is 0. The Labute approximate surface area is 162 Å². The van der Waals surface area contributed by atoms with Crippen LogP contribution in [0.3, 0.4) is 0 Å². The summed E-state index contributed by atoms with van der Waals surface area (Å²) in [5, 5.41) is 14.3. The van der Waals surface area contributed by atoms with Crippen LogP contribution in [0.25, 0.3) is 11.1 Å². The number of hydrogen-bond donors (Lipinski definition) is 2. The second-order valence-corrected chi connectivity index (χ2v) is 7.03. The van der Waals surface area contributed by atoms with Gasteiger partial charge >= 0.3 is 0 Å². The average molecular weight is 389 g/mol. The number of benzene rings is 1. The number of carbonyl (C=O) groups is 1. The first-order chi connectivity index (χ1) is 12.8.